The van der Waals surface area contributed by atoms with Gasteiger partial charge in [-0.1, -0.05) is 18.2 Å². The van der Waals surface area contributed by atoms with Gasteiger partial charge in [0.1, 0.15) is 17.9 Å². The minimum Gasteiger partial charge on any atom is -0.462 e. The fourth-order valence-electron chi connectivity index (χ4n) is 1.91. The van der Waals surface area contributed by atoms with Crippen LogP contribution in [0.5, 0.6) is 5.75 Å². The molecule has 0 amide bonds. The number of nitrogens with one attached hydrogen (secondary N) is 1. The highest BCUT2D eigenvalue weighted by atomic mass is 31.2. The van der Waals surface area contributed by atoms with E-state index >= 15 is 0 Å². The Balaban J connectivity index is 2.89. The number of hydrogen-bond acceptors (Lipinski definition) is 7. The zero-order valence-electron chi connectivity index (χ0n) is 15.7. The lowest BCUT2D eigenvalue weighted by molar-refractivity contribution is -0.149. The highest BCUT2D eigenvalue weighted by Gasteiger charge is 2.34. The minimum absolute atomic E-state index is 0.197. The molecule has 1 rings (SSSR count). The molecule has 4 atom stereocenters. The molecular weight excluding hydrogens is 361 g/mol. The van der Waals surface area contributed by atoms with Crippen molar-refractivity contribution in [3.05, 3.63) is 30.3 Å². The molecule has 0 aliphatic carbocycles. The van der Waals surface area contributed by atoms with Gasteiger partial charge in [0.05, 0.1) is 18.8 Å². The van der Waals surface area contributed by atoms with Gasteiger partial charge in [0, 0.05) is 7.11 Å². The summed E-state index contributed by atoms with van der Waals surface area (Å²) in [4.78, 5) is 12.0. The first kappa shape index (κ1) is 22.6. The number of para-hydroxylation sites is 1. The number of esters is 1. The summed E-state index contributed by atoms with van der Waals surface area (Å²) in [6.07, 6.45) is -1.86. The maximum absolute atomic E-state index is 13.1. The Hall–Kier alpha value is -1.44. The molecule has 0 saturated heterocycles. The van der Waals surface area contributed by atoms with Crippen LogP contribution in [0.4, 0.5) is 0 Å². The minimum atomic E-state index is -3.94. The van der Waals surface area contributed by atoms with E-state index in [0.717, 1.165) is 0 Å². The number of ether oxygens (including phenoxy) is 2. The van der Waals surface area contributed by atoms with Gasteiger partial charge in [0.15, 0.2) is 0 Å². The smallest absolute Gasteiger partial charge is 0.459 e. The highest BCUT2D eigenvalue weighted by molar-refractivity contribution is 7.52. The maximum Gasteiger partial charge on any atom is 0.459 e. The molecule has 26 heavy (non-hydrogen) atoms. The van der Waals surface area contributed by atoms with E-state index in [0.29, 0.717) is 5.75 Å². The molecule has 1 aromatic rings. The summed E-state index contributed by atoms with van der Waals surface area (Å²) in [6.45, 7) is 6.26. The Morgan fingerprint density at radius 2 is 1.81 bits per heavy atom. The van der Waals surface area contributed by atoms with Gasteiger partial charge >= 0.3 is 13.7 Å². The number of carbonyl (C=O) groups excluding carboxylic acids is 1. The highest BCUT2D eigenvalue weighted by Crippen LogP contribution is 2.45. The molecule has 0 heterocycles. The Morgan fingerprint density at radius 1 is 1.19 bits per heavy atom. The van der Waals surface area contributed by atoms with Crippen LogP contribution in [0.25, 0.3) is 0 Å². The van der Waals surface area contributed by atoms with Gasteiger partial charge < -0.3 is 19.1 Å². The predicted octanol–water partition coefficient (Wildman–Crippen LogP) is 2.52. The molecule has 2 N–H and O–H groups in total. The quantitative estimate of drug-likeness (QED) is 0.440. The van der Waals surface area contributed by atoms with E-state index in [-0.39, 0.29) is 12.7 Å². The van der Waals surface area contributed by atoms with Crippen LogP contribution in [0, 0.1) is 0 Å². The van der Waals surface area contributed by atoms with Crippen molar-refractivity contribution in [2.24, 2.45) is 0 Å². The molecule has 0 fully saturated rings. The number of aliphatic hydroxyl groups is 1. The fourth-order valence-corrected chi connectivity index (χ4v) is 3.41. The lowest BCUT2D eigenvalue weighted by Crippen LogP contribution is -2.37. The van der Waals surface area contributed by atoms with Crippen LogP contribution in [0.1, 0.15) is 27.7 Å². The first-order valence-corrected chi connectivity index (χ1v) is 9.89. The third-order valence-corrected chi connectivity index (χ3v) is 4.92. The molecule has 9 heteroatoms. The topological polar surface area (TPSA) is 103 Å². The van der Waals surface area contributed by atoms with Crippen molar-refractivity contribution in [1.29, 1.82) is 0 Å². The second-order valence-corrected chi connectivity index (χ2v) is 7.74. The molecule has 0 saturated carbocycles. The zero-order chi connectivity index (χ0) is 19.7. The van der Waals surface area contributed by atoms with E-state index in [1.165, 1.54) is 21.0 Å². The molecule has 1 aromatic carbocycles. The lowest BCUT2D eigenvalue weighted by atomic mass is 10.2. The molecule has 8 nitrogen and oxygen atoms in total. The van der Waals surface area contributed by atoms with E-state index in [9.17, 15) is 14.5 Å². The first-order valence-electron chi connectivity index (χ1n) is 8.35. The standard InChI is InChI=1S/C17H28NO7P/c1-12(2)24-17(20)13(3)18-26(21,23-11-16(22-5)14(4)19)25-15-9-7-6-8-10-15/h6-10,12-14,16,19H,11H2,1-5H3,(H,18,21)/t13-,14-,16+,26+/m0/s1. The molecule has 0 aromatic heterocycles. The molecule has 0 aliphatic rings. The van der Waals surface area contributed by atoms with Gasteiger partial charge in [-0.15, -0.1) is 0 Å². The van der Waals surface area contributed by atoms with Gasteiger partial charge in [-0.3, -0.25) is 9.32 Å². The van der Waals surface area contributed by atoms with Crippen molar-refractivity contribution in [2.75, 3.05) is 13.7 Å². The Morgan fingerprint density at radius 3 is 2.31 bits per heavy atom. The third-order valence-electron chi connectivity index (χ3n) is 3.28. The average molecular weight is 389 g/mol. The van der Waals surface area contributed by atoms with Crippen molar-refractivity contribution in [2.45, 2.75) is 52.0 Å². The van der Waals surface area contributed by atoms with Crippen LogP contribution in [0.3, 0.4) is 0 Å². The Kier molecular flexibility index (Phi) is 9.25. The molecule has 0 spiro atoms. The van der Waals surface area contributed by atoms with Crippen LogP contribution in [0.15, 0.2) is 30.3 Å². The molecule has 0 aliphatic heterocycles. The van der Waals surface area contributed by atoms with Crippen LogP contribution >= 0.6 is 7.75 Å². The molecule has 0 unspecified atom stereocenters. The number of hydrogen-bond donors (Lipinski definition) is 2. The second-order valence-electron chi connectivity index (χ2n) is 6.05. The van der Waals surface area contributed by atoms with Crippen LogP contribution in [0.2, 0.25) is 0 Å². The molecule has 148 valence electrons. The summed E-state index contributed by atoms with van der Waals surface area (Å²) >= 11 is 0. The van der Waals surface area contributed by atoms with Crippen LogP contribution in [-0.2, 0) is 23.4 Å². The van der Waals surface area contributed by atoms with Gasteiger partial charge in [-0.05, 0) is 39.8 Å². The predicted molar refractivity (Wildman–Crippen MR) is 96.9 cm³/mol. The van der Waals surface area contributed by atoms with Gasteiger partial charge in [0.25, 0.3) is 0 Å². The van der Waals surface area contributed by atoms with Crippen molar-refractivity contribution in [3.63, 3.8) is 0 Å². The first-order chi connectivity index (χ1) is 12.2. The number of rotatable bonds is 11. The number of carbonyl (C=O) groups is 1. The normalized spacial score (nSPS) is 17.2. The number of aliphatic hydroxyl groups excluding tert-OH is 1. The number of benzene rings is 1. The summed E-state index contributed by atoms with van der Waals surface area (Å²) in [5, 5.41) is 12.2. The summed E-state index contributed by atoms with van der Waals surface area (Å²) in [7, 11) is -2.54. The molecule has 0 radical (unpaired) electrons. The zero-order valence-corrected chi connectivity index (χ0v) is 16.6. The average Bonchev–Trinajstić information content (AvgIpc) is 2.55. The molecular formula is C17H28NO7P. The fraction of sp³-hybridized carbons (Fsp3) is 0.588. The van der Waals surface area contributed by atoms with Crippen molar-refractivity contribution in [3.8, 4) is 5.75 Å². The van der Waals surface area contributed by atoms with Crippen molar-refractivity contribution >= 4 is 13.7 Å². The SMILES string of the molecule is CO[C@H](CO[P@](=O)(N[C@@H](C)C(=O)OC(C)C)Oc1ccccc1)[C@H](C)O. The van der Waals surface area contributed by atoms with E-state index in [1.54, 1.807) is 44.2 Å². The van der Waals surface area contributed by atoms with Crippen molar-refractivity contribution < 1.29 is 33.0 Å². The summed E-state index contributed by atoms with van der Waals surface area (Å²) in [6, 6.07) is 7.49. The lowest BCUT2D eigenvalue weighted by Gasteiger charge is -2.25. The Labute approximate surface area is 154 Å². The Bertz CT molecular complexity index is 594. The largest absolute Gasteiger partial charge is 0.462 e. The van der Waals surface area contributed by atoms with E-state index < -0.39 is 32.0 Å². The summed E-state index contributed by atoms with van der Waals surface area (Å²) in [5.41, 5.74) is 0. The second kappa shape index (κ2) is 10.6. The van der Waals surface area contributed by atoms with E-state index in [4.69, 9.17) is 18.5 Å². The van der Waals surface area contributed by atoms with E-state index in [1.807, 2.05) is 0 Å². The van der Waals surface area contributed by atoms with Gasteiger partial charge in [-0.2, -0.15) is 5.09 Å². The van der Waals surface area contributed by atoms with Crippen LogP contribution in [-0.4, -0.2) is 49.1 Å². The third kappa shape index (κ3) is 7.85. The van der Waals surface area contributed by atoms with Crippen molar-refractivity contribution in [1.82, 2.24) is 5.09 Å². The summed E-state index contributed by atoms with van der Waals surface area (Å²) in [5.74, 6) is -0.280. The monoisotopic (exact) mass is 389 g/mol. The number of methoxy groups -OCH3 is 1. The molecule has 0 bridgehead atoms. The van der Waals surface area contributed by atoms with Gasteiger partial charge in [0.2, 0.25) is 0 Å². The summed E-state index contributed by atoms with van der Waals surface area (Å²) < 4.78 is 34.2. The van der Waals surface area contributed by atoms with E-state index in [2.05, 4.69) is 5.09 Å². The maximum atomic E-state index is 13.1. The van der Waals surface area contributed by atoms with Crippen LogP contribution < -0.4 is 9.61 Å². The van der Waals surface area contributed by atoms with Gasteiger partial charge in [-0.25, -0.2) is 4.57 Å².